The second-order valence-corrected chi connectivity index (χ2v) is 6.70. The summed E-state index contributed by atoms with van der Waals surface area (Å²) in [4.78, 5) is 15.4. The van der Waals surface area contributed by atoms with Crippen LogP contribution in [0.4, 0.5) is 5.69 Å². The van der Waals surface area contributed by atoms with Crippen LogP contribution in [0.25, 0.3) is 0 Å². The highest BCUT2D eigenvalue weighted by Crippen LogP contribution is 2.31. The van der Waals surface area contributed by atoms with Crippen LogP contribution < -0.4 is 4.90 Å². The Morgan fingerprint density at radius 3 is 2.33 bits per heavy atom. The van der Waals surface area contributed by atoms with E-state index < -0.39 is 0 Å². The molecule has 0 amide bonds. The Morgan fingerprint density at radius 2 is 1.71 bits per heavy atom. The first-order valence-electron chi connectivity index (χ1n) is 7.97. The van der Waals surface area contributed by atoms with Crippen molar-refractivity contribution in [3.8, 4) is 0 Å². The summed E-state index contributed by atoms with van der Waals surface area (Å²) in [5.41, 5.74) is 2.14. The molecule has 0 bridgehead atoms. The molecule has 0 N–H and O–H groups in total. The van der Waals surface area contributed by atoms with E-state index >= 15 is 0 Å². The number of nitrogens with zero attached hydrogens (tertiary/aromatic N) is 3. The average Bonchev–Trinajstić information content (AvgIpc) is 2.61. The van der Waals surface area contributed by atoms with Crippen molar-refractivity contribution in [2.75, 3.05) is 37.6 Å². The Kier molecular flexibility index (Phi) is 5.72. The van der Waals surface area contributed by atoms with Crippen LogP contribution >= 0.6 is 23.2 Å². The maximum Gasteiger partial charge on any atom is 0.101 e. The first-order chi connectivity index (χ1) is 11.7. The van der Waals surface area contributed by atoms with Gasteiger partial charge >= 0.3 is 0 Å². The van der Waals surface area contributed by atoms with Gasteiger partial charge in [0.2, 0.25) is 0 Å². The molecule has 1 fully saturated rings. The predicted molar refractivity (Wildman–Crippen MR) is 100 cm³/mol. The molecule has 3 rings (SSSR count). The second-order valence-electron chi connectivity index (χ2n) is 5.86. The monoisotopic (exact) mass is 363 g/mol. The molecule has 0 radical (unpaired) electrons. The van der Waals surface area contributed by atoms with Crippen LogP contribution in [-0.2, 0) is 0 Å². The van der Waals surface area contributed by atoms with Crippen LogP contribution in [-0.4, -0.2) is 37.6 Å². The van der Waals surface area contributed by atoms with Crippen LogP contribution in [0, 0.1) is 4.91 Å². The lowest BCUT2D eigenvalue weighted by atomic mass is 10.0. The molecule has 1 heterocycles. The molecule has 0 spiro atoms. The maximum absolute atomic E-state index is 10.9. The first-order valence-corrected chi connectivity index (χ1v) is 8.73. The van der Waals surface area contributed by atoms with Gasteiger partial charge in [0.15, 0.2) is 0 Å². The highest BCUT2D eigenvalue weighted by atomic mass is 35.5. The van der Waals surface area contributed by atoms with Gasteiger partial charge in [0, 0.05) is 31.2 Å². The number of anilines is 1. The van der Waals surface area contributed by atoms with Crippen LogP contribution in [0.3, 0.4) is 0 Å². The molecule has 0 aromatic heterocycles. The molecular weight excluding hydrogens is 345 g/mol. The van der Waals surface area contributed by atoms with Crippen molar-refractivity contribution in [1.82, 2.24) is 4.90 Å². The van der Waals surface area contributed by atoms with E-state index in [0.29, 0.717) is 10.0 Å². The number of hydrogen-bond acceptors (Lipinski definition) is 4. The van der Waals surface area contributed by atoms with Gasteiger partial charge in [0.25, 0.3) is 0 Å². The summed E-state index contributed by atoms with van der Waals surface area (Å²) >= 11 is 12.3. The molecule has 1 saturated heterocycles. The van der Waals surface area contributed by atoms with Crippen molar-refractivity contribution < 1.29 is 0 Å². The quantitative estimate of drug-likeness (QED) is 0.726. The zero-order valence-corrected chi connectivity index (χ0v) is 14.7. The number of nitroso groups, excluding NO2 is 1. The third-order valence-electron chi connectivity index (χ3n) is 4.44. The SMILES string of the molecule is O=NC[C@H](c1ccccc1)N1CCN(c2ccc(Cl)cc2Cl)CC1. The van der Waals surface area contributed by atoms with Gasteiger partial charge in [0.1, 0.15) is 6.54 Å². The van der Waals surface area contributed by atoms with E-state index in [1.165, 1.54) is 0 Å². The van der Waals surface area contributed by atoms with Crippen LogP contribution in [0.1, 0.15) is 11.6 Å². The van der Waals surface area contributed by atoms with Crippen molar-refractivity contribution in [2.24, 2.45) is 5.18 Å². The topological polar surface area (TPSA) is 35.9 Å². The summed E-state index contributed by atoms with van der Waals surface area (Å²) in [6, 6.07) is 15.7. The van der Waals surface area contributed by atoms with E-state index in [1.54, 1.807) is 6.07 Å². The Hall–Kier alpha value is -1.62. The van der Waals surface area contributed by atoms with E-state index in [2.05, 4.69) is 27.1 Å². The Labute approximate surface area is 151 Å². The molecule has 0 aliphatic carbocycles. The summed E-state index contributed by atoms with van der Waals surface area (Å²) in [6.07, 6.45) is 0. The molecule has 0 unspecified atom stereocenters. The highest BCUT2D eigenvalue weighted by Gasteiger charge is 2.26. The lowest BCUT2D eigenvalue weighted by Crippen LogP contribution is -2.48. The van der Waals surface area contributed by atoms with Gasteiger partial charge in [-0.3, -0.25) is 4.90 Å². The molecule has 1 atom stereocenters. The minimum Gasteiger partial charge on any atom is -0.368 e. The van der Waals surface area contributed by atoms with Crippen LogP contribution in [0.15, 0.2) is 53.7 Å². The van der Waals surface area contributed by atoms with E-state index in [9.17, 15) is 4.91 Å². The summed E-state index contributed by atoms with van der Waals surface area (Å²) in [5, 5.41) is 4.46. The van der Waals surface area contributed by atoms with Crippen molar-refractivity contribution in [3.63, 3.8) is 0 Å². The number of benzene rings is 2. The zero-order chi connectivity index (χ0) is 16.9. The third kappa shape index (κ3) is 3.89. The molecular formula is C18H19Cl2N3O. The number of piperazine rings is 1. The molecule has 2 aromatic carbocycles. The van der Waals surface area contributed by atoms with E-state index in [0.717, 1.165) is 37.4 Å². The molecule has 24 heavy (non-hydrogen) atoms. The Bertz CT molecular complexity index is 688. The van der Waals surface area contributed by atoms with Gasteiger partial charge in [-0.2, -0.15) is 4.91 Å². The lowest BCUT2D eigenvalue weighted by Gasteiger charge is -2.40. The van der Waals surface area contributed by atoms with Crippen LogP contribution in [0.2, 0.25) is 10.0 Å². The molecule has 0 saturated carbocycles. The molecule has 2 aromatic rings. The van der Waals surface area contributed by atoms with E-state index in [-0.39, 0.29) is 12.6 Å². The summed E-state index contributed by atoms with van der Waals surface area (Å²) in [7, 11) is 0. The average molecular weight is 364 g/mol. The lowest BCUT2D eigenvalue weighted by molar-refractivity contribution is 0.190. The fraction of sp³-hybridized carbons (Fsp3) is 0.333. The molecule has 126 valence electrons. The zero-order valence-electron chi connectivity index (χ0n) is 13.2. The summed E-state index contributed by atoms with van der Waals surface area (Å²) in [6.45, 7) is 3.68. The maximum atomic E-state index is 10.9. The Morgan fingerprint density at radius 1 is 1.00 bits per heavy atom. The number of rotatable bonds is 5. The minimum absolute atomic E-state index is 0.0338. The molecule has 1 aliphatic rings. The van der Waals surface area contributed by atoms with E-state index in [4.69, 9.17) is 23.2 Å². The van der Waals surface area contributed by atoms with Crippen molar-refractivity contribution in [2.45, 2.75) is 6.04 Å². The van der Waals surface area contributed by atoms with Crippen molar-refractivity contribution >= 4 is 28.9 Å². The number of hydrogen-bond donors (Lipinski definition) is 0. The molecule has 1 aliphatic heterocycles. The summed E-state index contributed by atoms with van der Waals surface area (Å²) in [5.74, 6) is 0. The fourth-order valence-electron chi connectivity index (χ4n) is 3.19. The van der Waals surface area contributed by atoms with Gasteiger partial charge in [-0.05, 0) is 23.8 Å². The van der Waals surface area contributed by atoms with Gasteiger partial charge in [-0.15, -0.1) is 0 Å². The normalized spacial score (nSPS) is 16.8. The van der Waals surface area contributed by atoms with E-state index in [1.807, 2.05) is 30.3 Å². The Balaban J connectivity index is 1.70. The third-order valence-corrected chi connectivity index (χ3v) is 4.98. The molecule has 6 heteroatoms. The highest BCUT2D eigenvalue weighted by molar-refractivity contribution is 6.36. The fourth-order valence-corrected chi connectivity index (χ4v) is 3.72. The smallest absolute Gasteiger partial charge is 0.101 e. The predicted octanol–water partition coefficient (Wildman–Crippen LogP) is 4.62. The van der Waals surface area contributed by atoms with Gasteiger partial charge < -0.3 is 4.90 Å². The molecule has 4 nitrogen and oxygen atoms in total. The number of halogens is 2. The first kappa shape index (κ1) is 17.2. The summed E-state index contributed by atoms with van der Waals surface area (Å²) < 4.78 is 0. The van der Waals surface area contributed by atoms with Gasteiger partial charge in [-0.1, -0.05) is 58.7 Å². The standard InChI is InChI=1S/C18H19Cl2N3O/c19-15-6-7-17(16(20)12-15)22-8-10-23(11-9-22)18(13-21-24)14-4-2-1-3-5-14/h1-7,12,18H,8-11,13H2/t18-/m1/s1. The van der Waals surface area contributed by atoms with Gasteiger partial charge in [0.05, 0.1) is 16.8 Å². The van der Waals surface area contributed by atoms with Crippen LogP contribution in [0.5, 0.6) is 0 Å². The van der Waals surface area contributed by atoms with Crippen molar-refractivity contribution in [1.29, 1.82) is 0 Å². The van der Waals surface area contributed by atoms with Crippen molar-refractivity contribution in [3.05, 3.63) is 69.0 Å². The van der Waals surface area contributed by atoms with Gasteiger partial charge in [-0.25, -0.2) is 0 Å². The minimum atomic E-state index is 0.0338. The second kappa shape index (κ2) is 7.97. The largest absolute Gasteiger partial charge is 0.368 e.